The molecule has 110 valence electrons. The fraction of sp³-hybridized carbons (Fsp3) is 0.462. The molecule has 1 aromatic carbocycles. The van der Waals surface area contributed by atoms with Gasteiger partial charge in [0.25, 0.3) is 0 Å². The van der Waals surface area contributed by atoms with Crippen LogP contribution < -0.4 is 14.8 Å². The van der Waals surface area contributed by atoms with Gasteiger partial charge >= 0.3 is 6.29 Å². The molecule has 0 spiro atoms. The van der Waals surface area contributed by atoms with Crippen molar-refractivity contribution in [2.45, 2.75) is 26.2 Å². The highest BCUT2D eigenvalue weighted by atomic mass is 19.3. The molecule has 0 aromatic heterocycles. The fourth-order valence-electron chi connectivity index (χ4n) is 1.65. The molecular formula is C13H16F2N2O3. The largest absolute Gasteiger partial charge is 0.586 e. The molecule has 0 radical (unpaired) electrons. The van der Waals surface area contributed by atoms with E-state index in [0.717, 1.165) is 0 Å². The maximum absolute atomic E-state index is 12.9. The van der Waals surface area contributed by atoms with Crippen LogP contribution in [0.5, 0.6) is 11.5 Å². The molecule has 1 aliphatic heterocycles. The molecule has 0 fully saturated rings. The van der Waals surface area contributed by atoms with E-state index >= 15 is 0 Å². The summed E-state index contributed by atoms with van der Waals surface area (Å²) in [5, 5.41) is 2.87. The van der Waals surface area contributed by atoms with Crippen molar-refractivity contribution >= 4 is 11.6 Å². The number of likely N-dealkylation sites (N-methyl/N-ethyl adjacent to an activating group) is 1. The zero-order valence-corrected chi connectivity index (χ0v) is 11.4. The van der Waals surface area contributed by atoms with Gasteiger partial charge in [0.1, 0.15) is 0 Å². The first-order chi connectivity index (χ1) is 9.28. The average molecular weight is 286 g/mol. The highest BCUT2D eigenvalue weighted by molar-refractivity contribution is 5.81. The van der Waals surface area contributed by atoms with Gasteiger partial charge < -0.3 is 19.7 Å². The first kappa shape index (κ1) is 14.4. The van der Waals surface area contributed by atoms with Gasteiger partial charge in [-0.15, -0.1) is 8.78 Å². The van der Waals surface area contributed by atoms with Crippen LogP contribution in [0.15, 0.2) is 18.2 Å². The predicted molar refractivity (Wildman–Crippen MR) is 69.0 cm³/mol. The summed E-state index contributed by atoms with van der Waals surface area (Å²) in [6.45, 7) is 3.88. The zero-order chi connectivity index (χ0) is 14.9. The Morgan fingerprint density at radius 1 is 1.35 bits per heavy atom. The number of ether oxygens (including phenoxy) is 2. The lowest BCUT2D eigenvalue weighted by molar-refractivity contribution is -0.286. The molecule has 1 heterocycles. The van der Waals surface area contributed by atoms with Crippen LogP contribution in [-0.2, 0) is 4.79 Å². The molecule has 0 unspecified atom stereocenters. The number of benzene rings is 1. The molecule has 5 nitrogen and oxygen atoms in total. The summed E-state index contributed by atoms with van der Waals surface area (Å²) >= 11 is 0. The average Bonchev–Trinajstić information content (AvgIpc) is 2.67. The molecule has 2 rings (SSSR count). The van der Waals surface area contributed by atoms with Crippen molar-refractivity contribution < 1.29 is 23.0 Å². The lowest BCUT2D eigenvalue weighted by Gasteiger charge is -2.21. The number of hydrogen-bond donors (Lipinski definition) is 1. The summed E-state index contributed by atoms with van der Waals surface area (Å²) in [5.41, 5.74) is 0.510. The molecule has 0 saturated heterocycles. The smallest absolute Gasteiger partial charge is 0.395 e. The molecule has 7 heteroatoms. The summed E-state index contributed by atoms with van der Waals surface area (Å²) in [5.74, 6) is -0.168. The summed E-state index contributed by atoms with van der Waals surface area (Å²) < 4.78 is 34.3. The lowest BCUT2D eigenvalue weighted by Crippen LogP contribution is -2.37. The fourth-order valence-corrected chi connectivity index (χ4v) is 1.65. The quantitative estimate of drug-likeness (QED) is 0.922. The molecule has 20 heavy (non-hydrogen) atoms. The van der Waals surface area contributed by atoms with Crippen molar-refractivity contribution in [2.24, 2.45) is 0 Å². The number of rotatable bonds is 4. The van der Waals surface area contributed by atoms with E-state index in [0.29, 0.717) is 5.69 Å². The molecular weight excluding hydrogens is 270 g/mol. The second kappa shape index (κ2) is 5.15. The number of amides is 1. The zero-order valence-electron chi connectivity index (χ0n) is 11.4. The van der Waals surface area contributed by atoms with Gasteiger partial charge in [-0.1, -0.05) is 0 Å². The number of hydrogen-bond acceptors (Lipinski definition) is 4. The van der Waals surface area contributed by atoms with Crippen LogP contribution in [0.1, 0.15) is 13.8 Å². The topological polar surface area (TPSA) is 50.8 Å². The highest BCUT2D eigenvalue weighted by Gasteiger charge is 2.43. The number of fused-ring (bicyclic) bond motifs is 1. The second-order valence-electron chi connectivity index (χ2n) is 4.78. The Bertz CT molecular complexity index is 520. The molecule has 0 atom stereocenters. The third-order valence-corrected chi connectivity index (χ3v) is 3.01. The number of alkyl halides is 2. The molecule has 0 aliphatic carbocycles. The monoisotopic (exact) mass is 286 g/mol. The third-order valence-electron chi connectivity index (χ3n) is 3.01. The first-order valence-electron chi connectivity index (χ1n) is 6.18. The van der Waals surface area contributed by atoms with Crippen LogP contribution in [-0.4, -0.2) is 36.7 Å². The van der Waals surface area contributed by atoms with E-state index in [1.807, 2.05) is 13.8 Å². The minimum absolute atomic E-state index is 0.0221. The van der Waals surface area contributed by atoms with Crippen LogP contribution in [0.3, 0.4) is 0 Å². The van der Waals surface area contributed by atoms with Gasteiger partial charge in [-0.3, -0.25) is 4.79 Å². The van der Waals surface area contributed by atoms with E-state index < -0.39 is 6.29 Å². The van der Waals surface area contributed by atoms with Crippen molar-refractivity contribution in [3.8, 4) is 11.5 Å². The van der Waals surface area contributed by atoms with Crippen molar-refractivity contribution in [3.63, 3.8) is 0 Å². The van der Waals surface area contributed by atoms with E-state index in [1.165, 1.54) is 12.1 Å². The molecule has 1 amide bonds. The van der Waals surface area contributed by atoms with Crippen LogP contribution in [0.2, 0.25) is 0 Å². The van der Waals surface area contributed by atoms with Crippen LogP contribution in [0, 0.1) is 0 Å². The number of carbonyl (C=O) groups excluding carboxylic acids is 1. The van der Waals surface area contributed by atoms with Crippen LogP contribution in [0.4, 0.5) is 14.5 Å². The second-order valence-corrected chi connectivity index (χ2v) is 4.78. The van der Waals surface area contributed by atoms with E-state index in [-0.39, 0.29) is 30.0 Å². The van der Waals surface area contributed by atoms with E-state index in [4.69, 9.17) is 0 Å². The summed E-state index contributed by atoms with van der Waals surface area (Å²) in [4.78, 5) is 13.4. The SMILES string of the molecule is CC(C)N(C)C(=O)CNc1ccc2c(c1)OC(F)(F)O2. The van der Waals surface area contributed by atoms with Crippen molar-refractivity contribution in [3.05, 3.63) is 18.2 Å². The van der Waals surface area contributed by atoms with Gasteiger partial charge in [0.15, 0.2) is 11.5 Å². The minimum atomic E-state index is -3.63. The molecule has 1 N–H and O–H groups in total. The normalized spacial score (nSPS) is 15.3. The predicted octanol–water partition coefficient (Wildman–Crippen LogP) is 2.29. The van der Waals surface area contributed by atoms with Gasteiger partial charge in [0, 0.05) is 24.8 Å². The Labute approximate surface area is 115 Å². The Balaban J connectivity index is 1.98. The van der Waals surface area contributed by atoms with Crippen molar-refractivity contribution in [1.29, 1.82) is 0 Å². The van der Waals surface area contributed by atoms with Crippen molar-refractivity contribution in [1.82, 2.24) is 4.90 Å². The van der Waals surface area contributed by atoms with E-state index in [1.54, 1.807) is 18.0 Å². The molecule has 1 aromatic rings. The standard InChI is InChI=1S/C13H16F2N2O3/c1-8(2)17(3)12(18)7-16-9-4-5-10-11(6-9)20-13(14,15)19-10/h4-6,8,16H,7H2,1-3H3. The van der Waals surface area contributed by atoms with Gasteiger partial charge in [0.05, 0.1) is 6.54 Å². The van der Waals surface area contributed by atoms with Crippen LogP contribution in [0.25, 0.3) is 0 Å². The number of nitrogens with one attached hydrogen (secondary N) is 1. The molecule has 0 bridgehead atoms. The highest BCUT2D eigenvalue weighted by Crippen LogP contribution is 2.42. The van der Waals surface area contributed by atoms with E-state index in [9.17, 15) is 13.6 Å². The summed E-state index contributed by atoms with van der Waals surface area (Å²) in [6.07, 6.45) is -3.63. The Morgan fingerprint density at radius 3 is 2.65 bits per heavy atom. The maximum atomic E-state index is 12.9. The Kier molecular flexibility index (Phi) is 3.69. The van der Waals surface area contributed by atoms with Gasteiger partial charge in [-0.25, -0.2) is 0 Å². The van der Waals surface area contributed by atoms with Gasteiger partial charge in [-0.2, -0.15) is 0 Å². The molecule has 1 aliphatic rings. The third kappa shape index (κ3) is 3.09. The minimum Gasteiger partial charge on any atom is -0.395 e. The lowest BCUT2D eigenvalue weighted by atomic mass is 10.2. The summed E-state index contributed by atoms with van der Waals surface area (Å²) in [6, 6.07) is 4.39. The first-order valence-corrected chi connectivity index (χ1v) is 6.18. The van der Waals surface area contributed by atoms with Gasteiger partial charge in [-0.05, 0) is 26.0 Å². The van der Waals surface area contributed by atoms with Crippen LogP contribution >= 0.6 is 0 Å². The van der Waals surface area contributed by atoms with Gasteiger partial charge in [0.2, 0.25) is 5.91 Å². The molecule has 0 saturated carbocycles. The summed E-state index contributed by atoms with van der Waals surface area (Å²) in [7, 11) is 1.70. The number of halogens is 2. The maximum Gasteiger partial charge on any atom is 0.586 e. The number of nitrogens with zero attached hydrogens (tertiary/aromatic N) is 1. The van der Waals surface area contributed by atoms with Crippen molar-refractivity contribution in [2.75, 3.05) is 18.9 Å². The number of anilines is 1. The number of carbonyl (C=O) groups is 1. The Hall–Kier alpha value is -2.05. The van der Waals surface area contributed by atoms with E-state index in [2.05, 4.69) is 14.8 Å². The Morgan fingerprint density at radius 2 is 2.00 bits per heavy atom.